The molecular weight excluding hydrogens is 374 g/mol. The highest BCUT2D eigenvalue weighted by Crippen LogP contribution is 2.40. The predicted molar refractivity (Wildman–Crippen MR) is 96.8 cm³/mol. The third-order valence-corrected chi connectivity index (χ3v) is 5.80. The highest BCUT2D eigenvalue weighted by atomic mass is 19.4. The number of hydrogen-bond donors (Lipinski definition) is 1. The molecule has 0 atom stereocenters. The summed E-state index contributed by atoms with van der Waals surface area (Å²) in [5.74, 6) is -1.56. The number of piperidine rings is 1. The van der Waals surface area contributed by atoms with Crippen molar-refractivity contribution in [3.8, 4) is 0 Å². The molecule has 4 rings (SSSR count). The molecule has 0 aromatic heterocycles. The summed E-state index contributed by atoms with van der Waals surface area (Å²) in [6, 6.07) is 3.08. The fourth-order valence-electron chi connectivity index (χ4n) is 4.34. The van der Waals surface area contributed by atoms with Gasteiger partial charge in [0.15, 0.2) is 0 Å². The first kappa shape index (κ1) is 19.1. The standard InChI is InChI=1S/C20H21F4N3O/c21-16-3-1-2-15(20(22,23)24)17(16)12-5-8-27(9-6-12)19(28)18-14-11-25-7-4-13(14)10-26-18/h1-3,12,25H,4-11H2. The highest BCUT2D eigenvalue weighted by molar-refractivity contribution is 6.46. The Morgan fingerprint density at radius 1 is 1.21 bits per heavy atom. The molecular formula is C20H21F4N3O. The van der Waals surface area contributed by atoms with Gasteiger partial charge in [-0.25, -0.2) is 4.39 Å². The minimum atomic E-state index is -4.60. The molecule has 1 amide bonds. The summed E-state index contributed by atoms with van der Waals surface area (Å²) in [6.07, 6.45) is -3.12. The molecule has 0 bridgehead atoms. The van der Waals surface area contributed by atoms with Crippen LogP contribution in [0.2, 0.25) is 0 Å². The first-order valence-electron chi connectivity index (χ1n) is 9.47. The number of amides is 1. The minimum Gasteiger partial charge on any atom is -0.337 e. The van der Waals surface area contributed by atoms with Crippen LogP contribution in [0.4, 0.5) is 17.6 Å². The lowest BCUT2D eigenvalue weighted by Crippen LogP contribution is -2.43. The predicted octanol–water partition coefficient (Wildman–Crippen LogP) is 3.30. The van der Waals surface area contributed by atoms with Gasteiger partial charge in [0.05, 0.1) is 12.1 Å². The van der Waals surface area contributed by atoms with Crippen molar-refractivity contribution in [2.75, 3.05) is 32.7 Å². The zero-order chi connectivity index (χ0) is 19.9. The van der Waals surface area contributed by atoms with E-state index in [1.165, 1.54) is 5.57 Å². The maximum Gasteiger partial charge on any atom is 0.416 e. The number of benzene rings is 1. The van der Waals surface area contributed by atoms with Crippen molar-refractivity contribution < 1.29 is 22.4 Å². The van der Waals surface area contributed by atoms with Crippen molar-refractivity contribution in [3.05, 3.63) is 46.3 Å². The fourth-order valence-corrected chi connectivity index (χ4v) is 4.34. The number of carbonyl (C=O) groups is 1. The number of nitrogens with zero attached hydrogens (tertiary/aromatic N) is 2. The van der Waals surface area contributed by atoms with Crippen molar-refractivity contribution in [2.24, 2.45) is 4.99 Å². The van der Waals surface area contributed by atoms with Crippen LogP contribution < -0.4 is 5.32 Å². The lowest BCUT2D eigenvalue weighted by atomic mass is 9.85. The van der Waals surface area contributed by atoms with Crippen LogP contribution in [-0.2, 0) is 11.0 Å². The molecule has 1 N–H and O–H groups in total. The molecule has 0 saturated carbocycles. The number of nitrogens with one attached hydrogen (secondary N) is 1. The van der Waals surface area contributed by atoms with Gasteiger partial charge in [-0.05, 0) is 55.0 Å². The Morgan fingerprint density at radius 2 is 1.96 bits per heavy atom. The minimum absolute atomic E-state index is 0.170. The molecule has 1 fully saturated rings. The van der Waals surface area contributed by atoms with Crippen molar-refractivity contribution in [1.82, 2.24) is 10.2 Å². The summed E-state index contributed by atoms with van der Waals surface area (Å²) in [5.41, 5.74) is 1.44. The van der Waals surface area contributed by atoms with E-state index in [9.17, 15) is 22.4 Å². The van der Waals surface area contributed by atoms with Gasteiger partial charge in [-0.3, -0.25) is 9.79 Å². The molecule has 1 saturated heterocycles. The zero-order valence-corrected chi connectivity index (χ0v) is 15.3. The largest absolute Gasteiger partial charge is 0.416 e. The van der Waals surface area contributed by atoms with Crippen molar-refractivity contribution in [1.29, 1.82) is 0 Å². The number of alkyl halides is 3. The van der Waals surface area contributed by atoms with E-state index >= 15 is 0 Å². The van der Waals surface area contributed by atoms with Crippen LogP contribution in [0.1, 0.15) is 36.3 Å². The molecule has 0 spiro atoms. The average molecular weight is 395 g/mol. The van der Waals surface area contributed by atoms with Gasteiger partial charge in [0.25, 0.3) is 5.91 Å². The highest BCUT2D eigenvalue weighted by Gasteiger charge is 2.38. The van der Waals surface area contributed by atoms with E-state index in [4.69, 9.17) is 0 Å². The van der Waals surface area contributed by atoms with E-state index in [0.717, 1.165) is 36.7 Å². The average Bonchev–Trinajstić information content (AvgIpc) is 3.11. The number of likely N-dealkylation sites (tertiary alicyclic amines) is 1. The Balaban J connectivity index is 1.48. The van der Waals surface area contributed by atoms with Crippen molar-refractivity contribution >= 4 is 11.6 Å². The van der Waals surface area contributed by atoms with Crippen LogP contribution in [-0.4, -0.2) is 49.2 Å². The SMILES string of the molecule is O=C(C1=NCC2=C1CNCC2)N1CCC(c2c(F)cccc2C(F)(F)F)CC1. The van der Waals surface area contributed by atoms with Crippen molar-refractivity contribution in [2.45, 2.75) is 31.4 Å². The molecule has 0 aliphatic carbocycles. The maximum absolute atomic E-state index is 14.2. The molecule has 0 radical (unpaired) electrons. The van der Waals surface area contributed by atoms with Crippen molar-refractivity contribution in [3.63, 3.8) is 0 Å². The van der Waals surface area contributed by atoms with Gasteiger partial charge in [-0.2, -0.15) is 13.2 Å². The maximum atomic E-state index is 14.2. The summed E-state index contributed by atoms with van der Waals surface area (Å²) in [6.45, 7) is 2.65. The normalized spacial score (nSPS) is 21.0. The first-order valence-corrected chi connectivity index (χ1v) is 9.47. The number of halogens is 4. The molecule has 4 nitrogen and oxygen atoms in total. The van der Waals surface area contributed by atoms with E-state index < -0.39 is 23.5 Å². The first-order chi connectivity index (χ1) is 13.4. The second kappa shape index (κ2) is 7.31. The van der Waals surface area contributed by atoms with Crippen LogP contribution in [0.5, 0.6) is 0 Å². The monoisotopic (exact) mass is 395 g/mol. The fraction of sp³-hybridized carbons (Fsp3) is 0.500. The number of rotatable bonds is 2. The lowest BCUT2D eigenvalue weighted by Gasteiger charge is -2.33. The molecule has 8 heteroatoms. The molecule has 150 valence electrons. The van der Waals surface area contributed by atoms with Gasteiger partial charge in [-0.15, -0.1) is 0 Å². The summed E-state index contributed by atoms with van der Waals surface area (Å²) >= 11 is 0. The third-order valence-electron chi connectivity index (χ3n) is 5.80. The summed E-state index contributed by atoms with van der Waals surface area (Å²) < 4.78 is 54.1. The number of aliphatic imine (C=N–C) groups is 1. The Kier molecular flexibility index (Phi) is 4.99. The molecule has 3 heterocycles. The topological polar surface area (TPSA) is 44.7 Å². The van der Waals surface area contributed by atoms with Gasteiger partial charge in [-0.1, -0.05) is 6.07 Å². The second-order valence-electron chi connectivity index (χ2n) is 7.44. The lowest BCUT2D eigenvalue weighted by molar-refractivity contribution is -0.139. The summed E-state index contributed by atoms with van der Waals surface area (Å²) in [4.78, 5) is 18.9. The van der Waals surface area contributed by atoms with Crippen LogP contribution in [0, 0.1) is 5.82 Å². The summed E-state index contributed by atoms with van der Waals surface area (Å²) in [5, 5.41) is 3.24. The molecule has 3 aliphatic heterocycles. The smallest absolute Gasteiger partial charge is 0.337 e. The van der Waals surface area contributed by atoms with Gasteiger partial charge < -0.3 is 10.2 Å². The van der Waals surface area contributed by atoms with E-state index in [1.807, 2.05) is 0 Å². The third kappa shape index (κ3) is 3.45. The Bertz CT molecular complexity index is 851. The van der Waals surface area contributed by atoms with Gasteiger partial charge in [0.2, 0.25) is 0 Å². The van der Waals surface area contributed by atoms with Gasteiger partial charge >= 0.3 is 6.18 Å². The van der Waals surface area contributed by atoms with E-state index in [2.05, 4.69) is 10.3 Å². The molecule has 3 aliphatic rings. The summed E-state index contributed by atoms with van der Waals surface area (Å²) in [7, 11) is 0. The number of carbonyl (C=O) groups excluding carboxylic acids is 1. The van der Waals surface area contributed by atoms with E-state index in [0.29, 0.717) is 44.7 Å². The van der Waals surface area contributed by atoms with Crippen LogP contribution >= 0.6 is 0 Å². The Hall–Kier alpha value is -2.22. The van der Waals surface area contributed by atoms with Crippen LogP contribution in [0.3, 0.4) is 0 Å². The second-order valence-corrected chi connectivity index (χ2v) is 7.44. The Labute approximate surface area is 160 Å². The molecule has 1 aromatic rings. The Morgan fingerprint density at radius 3 is 2.68 bits per heavy atom. The van der Waals surface area contributed by atoms with E-state index in [-0.39, 0.29) is 11.5 Å². The van der Waals surface area contributed by atoms with Crippen LogP contribution in [0.15, 0.2) is 34.3 Å². The quantitative estimate of drug-likeness (QED) is 0.781. The molecule has 0 unspecified atom stereocenters. The number of hydrogen-bond acceptors (Lipinski definition) is 3. The molecule has 1 aromatic carbocycles. The van der Waals surface area contributed by atoms with Gasteiger partial charge in [0.1, 0.15) is 11.5 Å². The van der Waals surface area contributed by atoms with Gasteiger partial charge in [0, 0.05) is 25.2 Å². The van der Waals surface area contributed by atoms with Crippen LogP contribution in [0.25, 0.3) is 0 Å². The van der Waals surface area contributed by atoms with E-state index in [1.54, 1.807) is 4.90 Å². The zero-order valence-electron chi connectivity index (χ0n) is 15.3. The molecule has 28 heavy (non-hydrogen) atoms.